The van der Waals surface area contributed by atoms with E-state index < -0.39 is 0 Å². The van der Waals surface area contributed by atoms with E-state index >= 15 is 0 Å². The second-order valence-corrected chi connectivity index (χ2v) is 14.7. The van der Waals surface area contributed by atoms with Gasteiger partial charge in [-0.2, -0.15) is 0 Å². The molecule has 0 aromatic rings. The molecule has 5 heteroatoms. The number of hydrogen-bond donors (Lipinski definition) is 0. The van der Waals surface area contributed by atoms with Crippen LogP contribution in [-0.4, -0.2) is 12.4 Å². The predicted molar refractivity (Wildman–Crippen MR) is 108 cm³/mol. The SMILES string of the molecule is CC(C)=C1SC2(SSC3(S2)C(C)(C)C(=S)C3(C)C)C1(C)C. The van der Waals surface area contributed by atoms with Crippen molar-refractivity contribution in [2.24, 2.45) is 16.2 Å². The maximum Gasteiger partial charge on any atom is 0.132 e. The van der Waals surface area contributed by atoms with Crippen molar-refractivity contribution in [2.75, 3.05) is 0 Å². The van der Waals surface area contributed by atoms with Crippen LogP contribution in [0.4, 0.5) is 0 Å². The van der Waals surface area contributed by atoms with Crippen molar-refractivity contribution in [1.82, 2.24) is 0 Å². The fourth-order valence-electron chi connectivity index (χ4n) is 4.08. The summed E-state index contributed by atoms with van der Waals surface area (Å²) >= 11 is 10.1. The summed E-state index contributed by atoms with van der Waals surface area (Å²) in [4.78, 5) is 2.83. The van der Waals surface area contributed by atoms with Gasteiger partial charge in [-0.05, 0) is 18.8 Å². The normalized spacial score (nSPS) is 37.5. The van der Waals surface area contributed by atoms with Gasteiger partial charge < -0.3 is 0 Å². The number of thiocarbonyl (C=S) groups is 1. The van der Waals surface area contributed by atoms with E-state index in [9.17, 15) is 0 Å². The van der Waals surface area contributed by atoms with E-state index in [2.05, 4.69) is 101 Å². The lowest BCUT2D eigenvalue weighted by Crippen LogP contribution is -2.69. The standard InChI is InChI=1S/C16H24S5/c1-9(2)10-12(3,4)16(18-10)19-15(20-21-16)13(5,6)11(17)14(15,7)8/h1-8H3. The molecule has 2 spiro atoms. The third-order valence-electron chi connectivity index (χ3n) is 5.35. The first-order valence-corrected chi connectivity index (χ1v) is 11.5. The van der Waals surface area contributed by atoms with Crippen molar-refractivity contribution >= 4 is 62.2 Å². The van der Waals surface area contributed by atoms with Gasteiger partial charge in [-0.15, -0.1) is 11.8 Å². The number of rotatable bonds is 0. The number of hydrogen-bond acceptors (Lipinski definition) is 5. The van der Waals surface area contributed by atoms with Crippen molar-refractivity contribution in [3.8, 4) is 0 Å². The number of thioether (sulfide) groups is 2. The van der Waals surface area contributed by atoms with Crippen molar-refractivity contribution in [2.45, 2.75) is 62.9 Å². The van der Waals surface area contributed by atoms with Gasteiger partial charge in [0.25, 0.3) is 0 Å². The van der Waals surface area contributed by atoms with Crippen LogP contribution in [-0.2, 0) is 0 Å². The van der Waals surface area contributed by atoms with Crippen LogP contribution in [0, 0.1) is 16.2 Å². The monoisotopic (exact) mass is 376 g/mol. The van der Waals surface area contributed by atoms with Crippen molar-refractivity contribution in [1.29, 1.82) is 0 Å². The van der Waals surface area contributed by atoms with E-state index in [1.54, 1.807) is 4.91 Å². The molecule has 1 aliphatic carbocycles. The van der Waals surface area contributed by atoms with Crippen LogP contribution in [0.15, 0.2) is 10.5 Å². The molecule has 3 fully saturated rings. The molecule has 2 saturated heterocycles. The highest BCUT2D eigenvalue weighted by molar-refractivity contribution is 8.86. The smallest absolute Gasteiger partial charge is 0.111 e. The highest BCUT2D eigenvalue weighted by atomic mass is 33.1. The fourth-order valence-corrected chi connectivity index (χ4v) is 15.4. The Morgan fingerprint density at radius 2 is 1.38 bits per heavy atom. The third kappa shape index (κ3) is 1.69. The Labute approximate surface area is 151 Å². The van der Waals surface area contributed by atoms with Crippen LogP contribution in [0.25, 0.3) is 0 Å². The average Bonchev–Trinajstić information content (AvgIpc) is 2.80. The Balaban J connectivity index is 1.98. The molecular formula is C16H24S5. The van der Waals surface area contributed by atoms with Gasteiger partial charge in [-0.25, -0.2) is 0 Å². The highest BCUT2D eigenvalue weighted by Crippen LogP contribution is 2.90. The molecule has 1 saturated carbocycles. The second kappa shape index (κ2) is 4.44. The molecule has 3 aliphatic rings. The first kappa shape index (κ1) is 17.1. The molecule has 1 atom stereocenters. The molecular weight excluding hydrogens is 353 g/mol. The van der Waals surface area contributed by atoms with Gasteiger partial charge in [-0.3, -0.25) is 0 Å². The van der Waals surface area contributed by atoms with Crippen molar-refractivity contribution in [3.63, 3.8) is 0 Å². The van der Waals surface area contributed by atoms with E-state index in [0.29, 0.717) is 0 Å². The second-order valence-electron chi connectivity index (χ2n) is 8.08. The molecule has 0 aromatic heterocycles. The summed E-state index contributed by atoms with van der Waals surface area (Å²) in [6.07, 6.45) is 0. The lowest BCUT2D eigenvalue weighted by molar-refractivity contribution is 0.229. The molecule has 0 radical (unpaired) electrons. The summed E-state index contributed by atoms with van der Waals surface area (Å²) in [5.41, 5.74) is 2.00. The first-order valence-electron chi connectivity index (χ1n) is 7.35. The highest BCUT2D eigenvalue weighted by Gasteiger charge is 2.79. The summed E-state index contributed by atoms with van der Waals surface area (Å²) < 4.78 is 0.452. The molecule has 0 N–H and O–H groups in total. The minimum atomic E-state index is 0.134. The van der Waals surface area contributed by atoms with E-state index in [1.807, 2.05) is 0 Å². The van der Waals surface area contributed by atoms with Gasteiger partial charge in [0.05, 0.1) is 4.08 Å². The maximum absolute atomic E-state index is 5.76. The van der Waals surface area contributed by atoms with E-state index in [0.717, 1.165) is 0 Å². The Kier molecular flexibility index (Phi) is 3.61. The topological polar surface area (TPSA) is 0 Å². The van der Waals surface area contributed by atoms with E-state index in [-0.39, 0.29) is 23.7 Å². The minimum absolute atomic E-state index is 0.134. The maximum atomic E-state index is 5.76. The van der Waals surface area contributed by atoms with Gasteiger partial charge >= 0.3 is 0 Å². The molecule has 0 bridgehead atoms. The molecule has 21 heavy (non-hydrogen) atoms. The van der Waals surface area contributed by atoms with Crippen molar-refractivity contribution < 1.29 is 0 Å². The Morgan fingerprint density at radius 1 is 0.857 bits per heavy atom. The van der Waals surface area contributed by atoms with Gasteiger partial charge in [0.2, 0.25) is 0 Å². The summed E-state index contributed by atoms with van der Waals surface area (Å²) in [5, 5.41) is 0. The molecule has 0 aromatic carbocycles. The molecule has 0 amide bonds. The van der Waals surface area contributed by atoms with Crippen LogP contribution < -0.4 is 0 Å². The zero-order valence-electron chi connectivity index (χ0n) is 14.0. The lowest BCUT2D eigenvalue weighted by Gasteiger charge is -2.66. The molecule has 2 heterocycles. The Morgan fingerprint density at radius 3 is 1.81 bits per heavy atom. The summed E-state index contributed by atoms with van der Waals surface area (Å²) in [6, 6.07) is 0. The van der Waals surface area contributed by atoms with Crippen LogP contribution in [0.5, 0.6) is 0 Å². The summed E-state index contributed by atoms with van der Waals surface area (Å²) in [6.45, 7) is 18.7. The minimum Gasteiger partial charge on any atom is -0.111 e. The van der Waals surface area contributed by atoms with E-state index in [4.69, 9.17) is 12.2 Å². The van der Waals surface area contributed by atoms with Gasteiger partial charge in [0.1, 0.15) is 3.41 Å². The molecule has 1 unspecified atom stereocenters. The van der Waals surface area contributed by atoms with Crippen LogP contribution in [0.2, 0.25) is 0 Å². The van der Waals surface area contributed by atoms with Gasteiger partial charge in [0, 0.05) is 21.1 Å². The predicted octanol–water partition coefficient (Wildman–Crippen LogP) is 6.97. The molecule has 2 aliphatic heterocycles. The van der Waals surface area contributed by atoms with Gasteiger partial charge in [0.15, 0.2) is 0 Å². The third-order valence-corrected chi connectivity index (χ3v) is 17.1. The molecule has 3 rings (SSSR count). The first-order chi connectivity index (χ1) is 9.36. The number of allylic oxidation sites excluding steroid dienone is 2. The summed E-state index contributed by atoms with van der Waals surface area (Å²) in [5.74, 6) is 0. The van der Waals surface area contributed by atoms with Gasteiger partial charge in [-0.1, -0.05) is 92.7 Å². The largest absolute Gasteiger partial charge is 0.132 e. The van der Waals surface area contributed by atoms with Crippen LogP contribution in [0.3, 0.4) is 0 Å². The quantitative estimate of drug-likeness (QED) is 0.330. The van der Waals surface area contributed by atoms with Crippen molar-refractivity contribution in [3.05, 3.63) is 10.5 Å². The molecule has 0 nitrogen and oxygen atoms in total. The molecule has 118 valence electrons. The lowest BCUT2D eigenvalue weighted by atomic mass is 9.54. The van der Waals surface area contributed by atoms with Crippen LogP contribution in [0.1, 0.15) is 55.4 Å². The zero-order valence-corrected chi connectivity index (χ0v) is 18.1. The van der Waals surface area contributed by atoms with Crippen LogP contribution >= 0.6 is 57.3 Å². The summed E-state index contributed by atoms with van der Waals surface area (Å²) in [7, 11) is 4.19. The average molecular weight is 377 g/mol. The fraction of sp³-hybridized carbons (Fsp3) is 0.812. The Bertz CT molecular complexity index is 547. The van der Waals surface area contributed by atoms with E-state index in [1.165, 1.54) is 10.4 Å². The Hall–Kier alpha value is 1.23. The zero-order chi connectivity index (χ0) is 16.1.